The summed E-state index contributed by atoms with van der Waals surface area (Å²) in [6, 6.07) is 1.91. The minimum absolute atomic E-state index is 0.129. The van der Waals surface area contributed by atoms with Gasteiger partial charge in [0.2, 0.25) is 0 Å². The van der Waals surface area contributed by atoms with Gasteiger partial charge < -0.3 is 5.32 Å². The number of carbonyl (C=O) groups excluding carboxylic acids is 1. The normalized spacial score (nSPS) is 15.5. The number of nitriles is 1. The summed E-state index contributed by atoms with van der Waals surface area (Å²) < 4.78 is 0. The van der Waals surface area contributed by atoms with Crippen molar-refractivity contribution in [3.8, 4) is 6.07 Å². The zero-order chi connectivity index (χ0) is 15.9. The predicted octanol–water partition coefficient (Wildman–Crippen LogP) is 3.22. The summed E-state index contributed by atoms with van der Waals surface area (Å²) in [4.78, 5) is 23.2. The largest absolute Gasteiger partial charge is 0.348 e. The van der Waals surface area contributed by atoms with E-state index in [0.717, 1.165) is 40.1 Å². The molecule has 1 atom stereocenters. The van der Waals surface area contributed by atoms with Crippen LogP contribution in [-0.4, -0.2) is 21.9 Å². The Morgan fingerprint density at radius 2 is 2.18 bits per heavy atom. The summed E-state index contributed by atoms with van der Waals surface area (Å²) in [5, 5.41) is 12.6. The monoisotopic (exact) mass is 314 g/mol. The second-order valence-electron chi connectivity index (χ2n) is 5.91. The third kappa shape index (κ3) is 2.69. The quantitative estimate of drug-likeness (QED) is 0.939. The number of rotatable bonds is 4. The highest BCUT2D eigenvalue weighted by Crippen LogP contribution is 2.40. The molecule has 1 aliphatic rings. The van der Waals surface area contributed by atoms with E-state index in [-0.39, 0.29) is 11.9 Å². The molecule has 1 N–H and O–H groups in total. The molecule has 1 amide bonds. The molecule has 0 aromatic carbocycles. The molecule has 22 heavy (non-hydrogen) atoms. The topological polar surface area (TPSA) is 78.7 Å². The van der Waals surface area contributed by atoms with Gasteiger partial charge in [-0.3, -0.25) is 4.79 Å². The number of fused-ring (bicyclic) bond motifs is 1. The van der Waals surface area contributed by atoms with Crippen molar-refractivity contribution in [1.29, 1.82) is 5.26 Å². The fraction of sp³-hybridized carbons (Fsp3) is 0.500. The molecule has 114 valence electrons. The SMILES string of the molecule is Cc1nc(C2CC2)nc2sc(C(=O)N[C@H](C)CC#N)c(C)c12. The highest BCUT2D eigenvalue weighted by Gasteiger charge is 2.28. The van der Waals surface area contributed by atoms with Gasteiger partial charge >= 0.3 is 0 Å². The van der Waals surface area contributed by atoms with E-state index in [2.05, 4.69) is 21.4 Å². The van der Waals surface area contributed by atoms with Crippen molar-refractivity contribution in [2.24, 2.45) is 0 Å². The Balaban J connectivity index is 1.97. The number of thiophene rings is 1. The standard InChI is InChI=1S/C16H18N4OS/c1-8(6-7-17)18-15(21)13-9(2)12-10(3)19-14(11-4-5-11)20-16(12)22-13/h8,11H,4-6H2,1-3H3,(H,18,21)/t8-/m1/s1. The molecule has 6 heteroatoms. The molecular formula is C16H18N4OS. The van der Waals surface area contributed by atoms with Crippen molar-refractivity contribution in [2.45, 2.75) is 52.0 Å². The van der Waals surface area contributed by atoms with Crippen LogP contribution in [-0.2, 0) is 0 Å². The van der Waals surface area contributed by atoms with E-state index in [1.54, 1.807) is 0 Å². The molecule has 2 aromatic rings. The van der Waals surface area contributed by atoms with Crippen molar-refractivity contribution in [1.82, 2.24) is 15.3 Å². The highest BCUT2D eigenvalue weighted by atomic mass is 32.1. The summed E-state index contributed by atoms with van der Waals surface area (Å²) in [7, 11) is 0. The molecule has 1 fully saturated rings. The summed E-state index contributed by atoms with van der Waals surface area (Å²) >= 11 is 1.42. The van der Waals surface area contributed by atoms with Gasteiger partial charge in [-0.15, -0.1) is 11.3 Å². The van der Waals surface area contributed by atoms with Gasteiger partial charge in [0.25, 0.3) is 5.91 Å². The number of aryl methyl sites for hydroxylation is 2. The number of amides is 1. The Kier molecular flexibility index (Phi) is 3.83. The summed E-state index contributed by atoms with van der Waals surface area (Å²) in [6.45, 7) is 5.76. The number of hydrogen-bond donors (Lipinski definition) is 1. The lowest BCUT2D eigenvalue weighted by molar-refractivity contribution is 0.0944. The lowest BCUT2D eigenvalue weighted by atomic mass is 10.1. The zero-order valence-corrected chi connectivity index (χ0v) is 13.8. The van der Waals surface area contributed by atoms with Crippen molar-refractivity contribution in [3.05, 3.63) is 22.0 Å². The third-order valence-electron chi connectivity index (χ3n) is 3.91. The molecule has 2 aromatic heterocycles. The minimum Gasteiger partial charge on any atom is -0.348 e. The van der Waals surface area contributed by atoms with Gasteiger partial charge in [0.15, 0.2) is 0 Å². The van der Waals surface area contributed by atoms with Crippen molar-refractivity contribution in [2.75, 3.05) is 0 Å². The first-order valence-electron chi connectivity index (χ1n) is 7.46. The zero-order valence-electron chi connectivity index (χ0n) is 12.9. The Morgan fingerprint density at radius 3 is 2.82 bits per heavy atom. The Bertz CT molecular complexity index is 786. The highest BCUT2D eigenvalue weighted by molar-refractivity contribution is 7.20. The first kappa shape index (κ1) is 14.9. The lowest BCUT2D eigenvalue weighted by Gasteiger charge is -2.09. The van der Waals surface area contributed by atoms with Crippen LogP contribution in [0.1, 0.15) is 58.9 Å². The maximum absolute atomic E-state index is 12.4. The van der Waals surface area contributed by atoms with Gasteiger partial charge in [0, 0.05) is 17.3 Å². The second-order valence-corrected chi connectivity index (χ2v) is 6.91. The van der Waals surface area contributed by atoms with Gasteiger partial charge in [0.05, 0.1) is 23.1 Å². The molecule has 0 unspecified atom stereocenters. The first-order valence-corrected chi connectivity index (χ1v) is 8.28. The van der Waals surface area contributed by atoms with E-state index < -0.39 is 0 Å². The predicted molar refractivity (Wildman–Crippen MR) is 86.0 cm³/mol. The lowest BCUT2D eigenvalue weighted by Crippen LogP contribution is -2.32. The maximum atomic E-state index is 12.4. The summed E-state index contributed by atoms with van der Waals surface area (Å²) in [5.74, 6) is 1.28. The van der Waals surface area contributed by atoms with E-state index >= 15 is 0 Å². The van der Waals surface area contributed by atoms with Crippen LogP contribution >= 0.6 is 11.3 Å². The molecule has 5 nitrogen and oxygen atoms in total. The van der Waals surface area contributed by atoms with E-state index in [9.17, 15) is 4.79 Å². The maximum Gasteiger partial charge on any atom is 0.261 e. The van der Waals surface area contributed by atoms with Crippen LogP contribution < -0.4 is 5.32 Å². The molecule has 2 heterocycles. The van der Waals surface area contributed by atoms with Gasteiger partial charge in [-0.1, -0.05) is 0 Å². The molecule has 0 aliphatic heterocycles. The van der Waals surface area contributed by atoms with Crippen LogP contribution in [0.3, 0.4) is 0 Å². The fourth-order valence-electron chi connectivity index (χ4n) is 2.58. The van der Waals surface area contributed by atoms with E-state index in [1.807, 2.05) is 20.8 Å². The van der Waals surface area contributed by atoms with Crippen LogP contribution in [0.15, 0.2) is 0 Å². The number of nitrogens with zero attached hydrogens (tertiary/aromatic N) is 3. The molecule has 0 radical (unpaired) electrons. The number of carbonyl (C=O) groups is 1. The molecule has 1 saturated carbocycles. The van der Waals surface area contributed by atoms with Crippen LogP contribution in [0.4, 0.5) is 0 Å². The molecular weight excluding hydrogens is 296 g/mol. The number of hydrogen-bond acceptors (Lipinski definition) is 5. The van der Waals surface area contributed by atoms with Crippen LogP contribution in [0, 0.1) is 25.2 Å². The average molecular weight is 314 g/mol. The average Bonchev–Trinajstić information content (AvgIpc) is 3.23. The van der Waals surface area contributed by atoms with E-state index in [1.165, 1.54) is 11.3 Å². The minimum atomic E-state index is -0.156. The fourth-order valence-corrected chi connectivity index (χ4v) is 3.72. The van der Waals surface area contributed by atoms with E-state index in [4.69, 9.17) is 5.26 Å². The molecule has 0 saturated heterocycles. The molecule has 3 rings (SSSR count). The van der Waals surface area contributed by atoms with Crippen LogP contribution in [0.2, 0.25) is 0 Å². The van der Waals surface area contributed by atoms with Crippen molar-refractivity contribution >= 4 is 27.5 Å². The van der Waals surface area contributed by atoms with Crippen molar-refractivity contribution < 1.29 is 4.79 Å². The van der Waals surface area contributed by atoms with Gasteiger partial charge in [-0.25, -0.2) is 9.97 Å². The van der Waals surface area contributed by atoms with E-state index in [0.29, 0.717) is 17.2 Å². The molecule has 0 spiro atoms. The van der Waals surface area contributed by atoms with Gasteiger partial charge in [0.1, 0.15) is 10.7 Å². The van der Waals surface area contributed by atoms with Gasteiger partial charge in [-0.05, 0) is 39.2 Å². The Hall–Kier alpha value is -2.00. The molecule has 1 aliphatic carbocycles. The number of aromatic nitrogens is 2. The molecule has 0 bridgehead atoms. The Labute approximate surface area is 133 Å². The van der Waals surface area contributed by atoms with Crippen molar-refractivity contribution in [3.63, 3.8) is 0 Å². The third-order valence-corrected chi connectivity index (χ3v) is 5.10. The second kappa shape index (κ2) is 5.65. The first-order chi connectivity index (χ1) is 10.5. The number of nitrogens with one attached hydrogen (secondary N) is 1. The smallest absolute Gasteiger partial charge is 0.261 e. The van der Waals surface area contributed by atoms with Gasteiger partial charge in [-0.2, -0.15) is 5.26 Å². The van der Waals surface area contributed by atoms with Crippen LogP contribution in [0.25, 0.3) is 10.2 Å². The Morgan fingerprint density at radius 1 is 1.45 bits per heavy atom. The summed E-state index contributed by atoms with van der Waals surface area (Å²) in [6.07, 6.45) is 2.63. The van der Waals surface area contributed by atoms with Crippen LogP contribution in [0.5, 0.6) is 0 Å². The summed E-state index contributed by atoms with van der Waals surface area (Å²) in [5.41, 5.74) is 1.88.